The summed E-state index contributed by atoms with van der Waals surface area (Å²) in [6.07, 6.45) is -0.652. The molecule has 0 saturated carbocycles. The van der Waals surface area contributed by atoms with Gasteiger partial charge >= 0.3 is 6.18 Å². The van der Waals surface area contributed by atoms with E-state index < -0.39 is 12.6 Å². The third-order valence-corrected chi connectivity index (χ3v) is 3.07. The zero-order valence-electron chi connectivity index (χ0n) is 9.45. The molecule has 0 atom stereocenters. The average molecular weight is 258 g/mol. The lowest BCUT2D eigenvalue weighted by atomic mass is 10.2. The quantitative estimate of drug-likeness (QED) is 0.344. The van der Waals surface area contributed by atoms with Gasteiger partial charge in [-0.05, 0) is 31.9 Å². The molecule has 16 heavy (non-hydrogen) atoms. The lowest BCUT2D eigenvalue weighted by molar-refractivity contribution is -0.129. The summed E-state index contributed by atoms with van der Waals surface area (Å²) in [6.45, 7) is 1.53. The minimum Gasteiger partial charge on any atom is -0.251 e. The van der Waals surface area contributed by atoms with Crippen molar-refractivity contribution in [3.8, 4) is 0 Å². The molecule has 0 bridgehead atoms. The topological polar surface area (TPSA) is 0 Å². The molecule has 0 N–H and O–H groups in total. The van der Waals surface area contributed by atoms with Crippen LogP contribution in [0.3, 0.4) is 0 Å². The summed E-state index contributed by atoms with van der Waals surface area (Å²) in [5.74, 6) is 0.867. The second-order valence-electron chi connectivity index (χ2n) is 3.61. The van der Waals surface area contributed by atoms with Gasteiger partial charge in [-0.2, -0.15) is 24.9 Å². The predicted octanol–water partition coefficient (Wildman–Crippen LogP) is 4.76. The Morgan fingerprint density at radius 2 is 1.94 bits per heavy atom. The molecule has 0 aliphatic carbocycles. The van der Waals surface area contributed by atoms with Crippen molar-refractivity contribution in [3.05, 3.63) is 11.6 Å². The number of rotatable bonds is 8. The minimum absolute atomic E-state index is 0.136. The van der Waals surface area contributed by atoms with Gasteiger partial charge in [0.15, 0.2) is 0 Å². The van der Waals surface area contributed by atoms with Crippen molar-refractivity contribution in [2.24, 2.45) is 0 Å². The first-order valence-electron chi connectivity index (χ1n) is 5.32. The zero-order valence-corrected chi connectivity index (χ0v) is 10.3. The van der Waals surface area contributed by atoms with Crippen LogP contribution in [-0.2, 0) is 0 Å². The Labute approximate surface area is 98.5 Å². The molecule has 0 rings (SSSR count). The SMILES string of the molecule is C/C(=C/CCCSCCC(F)(F)F)CCF. The summed E-state index contributed by atoms with van der Waals surface area (Å²) >= 11 is 1.32. The normalized spacial score (nSPS) is 13.2. The Morgan fingerprint density at radius 1 is 1.25 bits per heavy atom. The Bertz CT molecular complexity index is 199. The van der Waals surface area contributed by atoms with Crippen LogP contribution in [0.5, 0.6) is 0 Å². The second-order valence-corrected chi connectivity index (χ2v) is 4.83. The van der Waals surface area contributed by atoms with Crippen molar-refractivity contribution >= 4 is 11.8 Å². The van der Waals surface area contributed by atoms with Gasteiger partial charge in [-0.25, -0.2) is 0 Å². The molecule has 0 spiro atoms. The maximum Gasteiger partial charge on any atom is 0.389 e. The van der Waals surface area contributed by atoms with Gasteiger partial charge in [0.25, 0.3) is 0 Å². The summed E-state index contributed by atoms with van der Waals surface area (Å²) in [7, 11) is 0. The molecule has 96 valence electrons. The lowest BCUT2D eigenvalue weighted by Gasteiger charge is -2.05. The van der Waals surface area contributed by atoms with Crippen LogP contribution in [0.15, 0.2) is 11.6 Å². The largest absolute Gasteiger partial charge is 0.389 e. The van der Waals surface area contributed by atoms with Crippen LogP contribution in [0.4, 0.5) is 17.6 Å². The first-order valence-corrected chi connectivity index (χ1v) is 6.47. The third kappa shape index (κ3) is 11.9. The molecule has 0 nitrogen and oxygen atoms in total. The number of hydrogen-bond donors (Lipinski definition) is 0. The summed E-state index contributed by atoms with van der Waals surface area (Å²) in [5, 5.41) is 0. The highest BCUT2D eigenvalue weighted by Crippen LogP contribution is 2.22. The fraction of sp³-hybridized carbons (Fsp3) is 0.818. The summed E-state index contributed by atoms with van der Waals surface area (Å²) < 4.78 is 47.2. The monoisotopic (exact) mass is 258 g/mol. The molecule has 0 unspecified atom stereocenters. The average Bonchev–Trinajstić information content (AvgIpc) is 2.15. The van der Waals surface area contributed by atoms with Crippen molar-refractivity contribution in [1.29, 1.82) is 0 Å². The first kappa shape index (κ1) is 15.8. The van der Waals surface area contributed by atoms with E-state index in [0.717, 1.165) is 24.2 Å². The summed E-state index contributed by atoms with van der Waals surface area (Å²) in [4.78, 5) is 0. The molecular weight excluding hydrogens is 240 g/mol. The Kier molecular flexibility index (Phi) is 8.80. The van der Waals surface area contributed by atoms with E-state index in [1.165, 1.54) is 11.8 Å². The first-order chi connectivity index (χ1) is 7.45. The van der Waals surface area contributed by atoms with Crippen molar-refractivity contribution in [3.63, 3.8) is 0 Å². The number of unbranched alkanes of at least 4 members (excludes halogenated alkanes) is 1. The van der Waals surface area contributed by atoms with Gasteiger partial charge in [0.05, 0.1) is 13.1 Å². The molecule has 0 saturated heterocycles. The van der Waals surface area contributed by atoms with Crippen LogP contribution in [0.25, 0.3) is 0 Å². The molecule has 0 aromatic heterocycles. The number of hydrogen-bond acceptors (Lipinski definition) is 1. The van der Waals surface area contributed by atoms with Gasteiger partial charge in [0, 0.05) is 5.75 Å². The standard InChI is InChI=1S/C11H18F4S/c1-10(5-7-12)4-2-3-8-16-9-6-11(13,14)15/h4H,2-3,5-9H2,1H3/b10-4-. The Morgan fingerprint density at radius 3 is 2.50 bits per heavy atom. The van der Waals surface area contributed by atoms with E-state index in [1.54, 1.807) is 0 Å². The van der Waals surface area contributed by atoms with E-state index in [2.05, 4.69) is 0 Å². The van der Waals surface area contributed by atoms with E-state index in [9.17, 15) is 17.6 Å². The molecule has 5 heteroatoms. The number of alkyl halides is 4. The van der Waals surface area contributed by atoms with E-state index in [-0.39, 0.29) is 12.4 Å². The van der Waals surface area contributed by atoms with Crippen molar-refractivity contribution < 1.29 is 17.6 Å². The molecule has 0 amide bonds. The summed E-state index contributed by atoms with van der Waals surface area (Å²) in [6, 6.07) is 0. The predicted molar refractivity (Wildman–Crippen MR) is 61.6 cm³/mol. The fourth-order valence-corrected chi connectivity index (χ4v) is 2.03. The van der Waals surface area contributed by atoms with E-state index in [1.807, 2.05) is 13.0 Å². The summed E-state index contributed by atoms with van der Waals surface area (Å²) in [5.41, 5.74) is 1.02. The highest BCUT2D eigenvalue weighted by Gasteiger charge is 2.25. The molecule has 0 aromatic rings. The molecule has 0 aromatic carbocycles. The lowest BCUT2D eigenvalue weighted by Crippen LogP contribution is -2.08. The van der Waals surface area contributed by atoms with Crippen LogP contribution < -0.4 is 0 Å². The van der Waals surface area contributed by atoms with Crippen LogP contribution in [0.1, 0.15) is 32.6 Å². The van der Waals surface area contributed by atoms with Crippen LogP contribution in [0.2, 0.25) is 0 Å². The molecular formula is C11H18F4S. The molecule has 0 radical (unpaired) electrons. The highest BCUT2D eigenvalue weighted by atomic mass is 32.2. The number of halogens is 4. The van der Waals surface area contributed by atoms with Gasteiger partial charge in [0.2, 0.25) is 0 Å². The van der Waals surface area contributed by atoms with Crippen molar-refractivity contribution in [2.75, 3.05) is 18.2 Å². The Balaban J connectivity index is 3.31. The smallest absolute Gasteiger partial charge is 0.251 e. The van der Waals surface area contributed by atoms with E-state index >= 15 is 0 Å². The van der Waals surface area contributed by atoms with E-state index in [0.29, 0.717) is 6.42 Å². The maximum atomic E-state index is 11.9. The second kappa shape index (κ2) is 8.90. The molecule has 0 fully saturated rings. The maximum absolute atomic E-state index is 11.9. The third-order valence-electron chi connectivity index (χ3n) is 2.00. The molecule has 0 aliphatic heterocycles. The van der Waals surface area contributed by atoms with Crippen molar-refractivity contribution in [2.45, 2.75) is 38.8 Å². The van der Waals surface area contributed by atoms with Crippen LogP contribution >= 0.6 is 11.8 Å². The van der Waals surface area contributed by atoms with Gasteiger partial charge in [-0.1, -0.05) is 11.6 Å². The van der Waals surface area contributed by atoms with Gasteiger partial charge in [0.1, 0.15) is 0 Å². The van der Waals surface area contributed by atoms with Gasteiger partial charge < -0.3 is 0 Å². The Hall–Kier alpha value is -0.190. The van der Waals surface area contributed by atoms with E-state index in [4.69, 9.17) is 0 Å². The molecule has 0 aliphatic rings. The molecule has 0 heterocycles. The number of allylic oxidation sites excluding steroid dienone is 2. The van der Waals surface area contributed by atoms with Gasteiger partial charge in [-0.15, -0.1) is 0 Å². The fourth-order valence-electron chi connectivity index (χ4n) is 1.07. The zero-order chi connectivity index (χ0) is 12.4. The van der Waals surface area contributed by atoms with Crippen molar-refractivity contribution in [1.82, 2.24) is 0 Å². The van der Waals surface area contributed by atoms with Crippen LogP contribution in [0, 0.1) is 0 Å². The number of thioether (sulfide) groups is 1. The highest BCUT2D eigenvalue weighted by molar-refractivity contribution is 7.99. The minimum atomic E-state index is -4.04. The van der Waals surface area contributed by atoms with Gasteiger partial charge in [-0.3, -0.25) is 4.39 Å². The van der Waals surface area contributed by atoms with Crippen LogP contribution in [-0.4, -0.2) is 24.4 Å².